The highest BCUT2D eigenvalue weighted by molar-refractivity contribution is 14.1. The molecule has 10 heteroatoms. The molecule has 0 saturated heterocycles. The average Bonchev–Trinajstić information content (AvgIpc) is 2.60. The van der Waals surface area contributed by atoms with Gasteiger partial charge >= 0.3 is 11.9 Å². The van der Waals surface area contributed by atoms with Crippen molar-refractivity contribution in [3.8, 4) is 17.2 Å². The third-order valence-electron chi connectivity index (χ3n) is 3.56. The van der Waals surface area contributed by atoms with Crippen molar-refractivity contribution in [2.24, 2.45) is 11.7 Å². The molecule has 2 aromatic rings. The molecule has 0 spiro atoms. The normalized spacial score (nSPS) is 11.4. The lowest BCUT2D eigenvalue weighted by Gasteiger charge is -2.12. The maximum atomic E-state index is 10.8. The summed E-state index contributed by atoms with van der Waals surface area (Å²) in [6.45, 7) is 3.55. The van der Waals surface area contributed by atoms with Crippen LogP contribution in [0.5, 0.6) is 17.2 Å². The zero-order chi connectivity index (χ0) is 22.3. The minimum atomic E-state index is -0.931. The fraction of sp³-hybridized carbons (Fsp3) is 0.263. The Labute approximate surface area is 209 Å². The van der Waals surface area contributed by atoms with Crippen LogP contribution in [0.1, 0.15) is 19.4 Å². The fourth-order valence-electron chi connectivity index (χ4n) is 1.94. The number of carboxylic acids is 2. The van der Waals surface area contributed by atoms with Crippen LogP contribution in [0.25, 0.3) is 0 Å². The topological polar surface area (TPSA) is 130 Å². The molecule has 0 aliphatic heterocycles. The Morgan fingerprint density at radius 3 is 1.97 bits per heavy atom. The summed E-state index contributed by atoms with van der Waals surface area (Å²) in [5, 5.41) is 26.6. The molecule has 0 heterocycles. The maximum Gasteiger partial charge on any atom is 0.320 e. The highest BCUT2D eigenvalue weighted by atomic mass is 127. The van der Waals surface area contributed by atoms with Crippen molar-refractivity contribution in [2.45, 2.75) is 26.3 Å². The van der Waals surface area contributed by atoms with E-state index < -0.39 is 18.0 Å². The zero-order valence-corrected chi connectivity index (χ0v) is 22.0. The van der Waals surface area contributed by atoms with E-state index in [1.54, 1.807) is 44.2 Å². The third kappa shape index (κ3) is 8.80. The van der Waals surface area contributed by atoms with Crippen LogP contribution in [0.15, 0.2) is 30.3 Å². The van der Waals surface area contributed by atoms with Gasteiger partial charge in [-0.05, 0) is 110 Å². The van der Waals surface area contributed by atoms with Gasteiger partial charge < -0.3 is 25.8 Å². The number of hydrogen-bond donors (Lipinski definition) is 4. The maximum absolute atomic E-state index is 10.8. The van der Waals surface area contributed by atoms with E-state index in [0.29, 0.717) is 15.1 Å². The standard InChI is InChI=1S/C14H9I3O4.C5H11NO2/c15-9-6-8(1-2-12(9)18)21-14-10(16)3-7(4-11(14)17)5-13(19)20;1-3(2)4(6)5(7)8/h1-4,6,18H,5H2,(H,19,20);3-4H,6H2,1-2H3,(H,7,8)/t;4-/m.0/s1. The first-order chi connectivity index (χ1) is 13.4. The van der Waals surface area contributed by atoms with Gasteiger partial charge in [0.2, 0.25) is 0 Å². The lowest BCUT2D eigenvalue weighted by Crippen LogP contribution is -2.34. The van der Waals surface area contributed by atoms with Gasteiger partial charge in [-0.3, -0.25) is 9.59 Å². The number of aromatic hydroxyl groups is 1. The summed E-state index contributed by atoms with van der Waals surface area (Å²) in [6.07, 6.45) is -0.0105. The molecule has 0 unspecified atom stereocenters. The van der Waals surface area contributed by atoms with E-state index in [1.807, 2.05) is 22.6 Å². The molecule has 7 nitrogen and oxygen atoms in total. The highest BCUT2D eigenvalue weighted by Crippen LogP contribution is 2.34. The summed E-state index contributed by atoms with van der Waals surface area (Å²) in [6, 6.07) is 7.90. The van der Waals surface area contributed by atoms with Crippen molar-refractivity contribution >= 4 is 79.7 Å². The lowest BCUT2D eigenvalue weighted by molar-refractivity contribution is -0.139. The van der Waals surface area contributed by atoms with Crippen LogP contribution in [-0.2, 0) is 16.0 Å². The largest absolute Gasteiger partial charge is 0.507 e. The molecular formula is C19H20I3NO6. The molecule has 2 aromatic carbocycles. The smallest absolute Gasteiger partial charge is 0.320 e. The number of aliphatic carboxylic acids is 2. The molecule has 5 N–H and O–H groups in total. The first-order valence-electron chi connectivity index (χ1n) is 8.26. The number of rotatable bonds is 6. The fourth-order valence-corrected chi connectivity index (χ4v) is 4.54. The summed E-state index contributed by atoms with van der Waals surface area (Å²) in [4.78, 5) is 20.8. The number of benzene rings is 2. The molecule has 1 atom stereocenters. The van der Waals surface area contributed by atoms with Crippen LogP contribution in [0.2, 0.25) is 0 Å². The van der Waals surface area contributed by atoms with Gasteiger partial charge in [0, 0.05) is 0 Å². The quantitative estimate of drug-likeness (QED) is 0.317. The van der Waals surface area contributed by atoms with Gasteiger partial charge in [-0.1, -0.05) is 13.8 Å². The van der Waals surface area contributed by atoms with Crippen LogP contribution < -0.4 is 10.5 Å². The predicted octanol–water partition coefficient (Wildman–Crippen LogP) is 4.68. The summed E-state index contributed by atoms with van der Waals surface area (Å²) in [5.74, 6) is -0.245. The number of halogens is 3. The Morgan fingerprint density at radius 1 is 1.03 bits per heavy atom. The van der Waals surface area contributed by atoms with Crippen LogP contribution >= 0.6 is 67.8 Å². The number of carboxylic acid groups (broad SMARTS) is 2. The molecule has 158 valence electrons. The molecule has 0 saturated carbocycles. The van der Waals surface area contributed by atoms with Crippen molar-refractivity contribution in [2.75, 3.05) is 0 Å². The molecule has 0 bridgehead atoms. The average molecular weight is 739 g/mol. The van der Waals surface area contributed by atoms with Gasteiger partial charge in [0.05, 0.1) is 17.1 Å². The van der Waals surface area contributed by atoms with Gasteiger partial charge in [-0.25, -0.2) is 0 Å². The SMILES string of the molecule is CC(C)[C@H](N)C(=O)O.O=C(O)Cc1cc(I)c(Oc2ccc(O)c(I)c2)c(I)c1. The van der Waals surface area contributed by atoms with Crippen LogP contribution in [-0.4, -0.2) is 33.3 Å². The van der Waals surface area contributed by atoms with E-state index in [1.165, 1.54) is 0 Å². The molecule has 0 radical (unpaired) electrons. The summed E-state index contributed by atoms with van der Waals surface area (Å²) >= 11 is 6.28. The Balaban J connectivity index is 0.000000447. The Bertz CT molecular complexity index is 865. The summed E-state index contributed by atoms with van der Waals surface area (Å²) < 4.78 is 8.26. The second kappa shape index (κ2) is 12.1. The summed E-state index contributed by atoms with van der Waals surface area (Å²) in [7, 11) is 0. The van der Waals surface area contributed by atoms with Gasteiger partial charge in [0.15, 0.2) is 5.75 Å². The molecule has 2 rings (SSSR count). The second-order valence-corrected chi connectivity index (χ2v) is 9.77. The molecule has 29 heavy (non-hydrogen) atoms. The number of ether oxygens (including phenoxy) is 1. The van der Waals surface area contributed by atoms with Gasteiger partial charge in [-0.2, -0.15) is 0 Å². The van der Waals surface area contributed by atoms with E-state index >= 15 is 0 Å². The third-order valence-corrected chi connectivity index (χ3v) is 6.02. The number of phenolic OH excluding ortho intramolecular Hbond substituents is 1. The van der Waals surface area contributed by atoms with Gasteiger partial charge in [0.25, 0.3) is 0 Å². The predicted molar refractivity (Wildman–Crippen MR) is 135 cm³/mol. The number of phenols is 1. The van der Waals surface area contributed by atoms with Crippen molar-refractivity contribution in [3.63, 3.8) is 0 Å². The Kier molecular flexibility index (Phi) is 10.9. The molecular weight excluding hydrogens is 719 g/mol. The molecule has 0 aromatic heterocycles. The van der Waals surface area contributed by atoms with Crippen molar-refractivity contribution in [3.05, 3.63) is 46.6 Å². The minimum Gasteiger partial charge on any atom is -0.507 e. The van der Waals surface area contributed by atoms with Crippen molar-refractivity contribution < 1.29 is 29.6 Å². The number of carbonyl (C=O) groups is 2. The molecule has 0 aliphatic rings. The first kappa shape index (κ1) is 26.2. The van der Waals surface area contributed by atoms with Crippen LogP contribution in [0.3, 0.4) is 0 Å². The zero-order valence-electron chi connectivity index (χ0n) is 15.5. The molecule has 0 fully saturated rings. The van der Waals surface area contributed by atoms with E-state index in [-0.39, 0.29) is 18.1 Å². The van der Waals surface area contributed by atoms with E-state index in [9.17, 15) is 14.7 Å². The van der Waals surface area contributed by atoms with Crippen LogP contribution in [0, 0.1) is 16.6 Å². The first-order valence-corrected chi connectivity index (χ1v) is 11.5. The van der Waals surface area contributed by atoms with Crippen molar-refractivity contribution in [1.82, 2.24) is 0 Å². The van der Waals surface area contributed by atoms with E-state index in [4.69, 9.17) is 20.7 Å². The monoisotopic (exact) mass is 739 g/mol. The molecule has 0 amide bonds. The van der Waals surface area contributed by atoms with Crippen LogP contribution in [0.4, 0.5) is 0 Å². The van der Waals surface area contributed by atoms with Gasteiger partial charge in [0.1, 0.15) is 17.5 Å². The minimum absolute atomic E-state index is 0.0105. The Hall–Kier alpha value is -0.870. The second-order valence-electron chi connectivity index (χ2n) is 6.28. The number of nitrogens with two attached hydrogens (primary N) is 1. The van der Waals surface area contributed by atoms with Gasteiger partial charge in [-0.15, -0.1) is 0 Å². The summed E-state index contributed by atoms with van der Waals surface area (Å²) in [5.41, 5.74) is 5.90. The molecule has 0 aliphatic carbocycles. The number of hydrogen-bond acceptors (Lipinski definition) is 5. The highest BCUT2D eigenvalue weighted by Gasteiger charge is 2.14. The Morgan fingerprint density at radius 2 is 1.59 bits per heavy atom. The van der Waals surface area contributed by atoms with Crippen molar-refractivity contribution in [1.29, 1.82) is 0 Å². The lowest BCUT2D eigenvalue weighted by atomic mass is 10.1. The van der Waals surface area contributed by atoms with E-state index in [0.717, 1.165) is 12.7 Å². The van der Waals surface area contributed by atoms with E-state index in [2.05, 4.69) is 45.2 Å².